The third-order valence-electron chi connectivity index (χ3n) is 3.23. The summed E-state index contributed by atoms with van der Waals surface area (Å²) in [5, 5.41) is 0. The Bertz CT molecular complexity index is 439. The first-order valence-electron chi connectivity index (χ1n) is 7.81. The van der Waals surface area contributed by atoms with Gasteiger partial charge in [-0.3, -0.25) is 0 Å². The summed E-state index contributed by atoms with van der Waals surface area (Å²) in [5.41, 5.74) is 5.73. The molecule has 0 fully saturated rings. The van der Waals surface area contributed by atoms with Crippen molar-refractivity contribution in [1.29, 1.82) is 0 Å². The Hall–Kier alpha value is -0.534. The summed E-state index contributed by atoms with van der Waals surface area (Å²) in [6.45, 7) is 13.3. The summed E-state index contributed by atoms with van der Waals surface area (Å²) in [4.78, 5) is 0. The van der Waals surface area contributed by atoms with Crippen molar-refractivity contribution in [1.82, 2.24) is 0 Å². The molecular formula is C20H30Mg. The van der Waals surface area contributed by atoms with Gasteiger partial charge in [-0.15, -0.1) is 0 Å². The molecule has 0 atom stereocenters. The molecule has 0 aromatic heterocycles. The molecule has 1 heteroatoms. The van der Waals surface area contributed by atoms with E-state index in [4.69, 9.17) is 0 Å². The third kappa shape index (κ3) is 9.16. The van der Waals surface area contributed by atoms with Crippen LogP contribution in [0.3, 0.4) is 0 Å². The molecule has 0 nitrogen and oxygen atoms in total. The van der Waals surface area contributed by atoms with E-state index in [1.807, 2.05) is 0 Å². The molecule has 0 aliphatic heterocycles. The minimum atomic E-state index is 0. The van der Waals surface area contributed by atoms with E-state index in [9.17, 15) is 0 Å². The maximum absolute atomic E-state index is 2.26. The molecule has 0 amide bonds. The SMILES string of the molecule is Cc1cc[c-](CC(C)C)c1.Cc1cc[c-](CC(C)C)c1.[Mg+2]. The molecule has 0 saturated carbocycles. The van der Waals surface area contributed by atoms with Gasteiger partial charge in [-0.1, -0.05) is 66.2 Å². The Labute approximate surface area is 147 Å². The molecule has 2 aromatic rings. The van der Waals surface area contributed by atoms with Crippen LogP contribution in [0.4, 0.5) is 0 Å². The first kappa shape index (κ1) is 20.5. The first-order chi connectivity index (χ1) is 9.36. The van der Waals surface area contributed by atoms with Crippen LogP contribution >= 0.6 is 0 Å². The van der Waals surface area contributed by atoms with Crippen molar-refractivity contribution in [2.24, 2.45) is 11.8 Å². The predicted octanol–water partition coefficient (Wildman–Crippen LogP) is 5.44. The molecule has 0 spiro atoms. The zero-order valence-electron chi connectivity index (χ0n) is 14.7. The van der Waals surface area contributed by atoms with Gasteiger partial charge in [-0.05, 0) is 0 Å². The van der Waals surface area contributed by atoms with E-state index >= 15 is 0 Å². The molecular weight excluding hydrogens is 265 g/mol. The van der Waals surface area contributed by atoms with E-state index in [1.165, 1.54) is 35.1 Å². The zero-order valence-corrected chi connectivity index (χ0v) is 16.2. The topological polar surface area (TPSA) is 0 Å². The van der Waals surface area contributed by atoms with E-state index < -0.39 is 0 Å². The fourth-order valence-corrected chi connectivity index (χ4v) is 2.45. The van der Waals surface area contributed by atoms with Crippen molar-refractivity contribution in [3.63, 3.8) is 0 Å². The van der Waals surface area contributed by atoms with Crippen molar-refractivity contribution >= 4 is 23.1 Å². The molecule has 0 unspecified atom stereocenters. The van der Waals surface area contributed by atoms with Crippen molar-refractivity contribution in [3.05, 3.63) is 58.7 Å². The summed E-state index contributed by atoms with van der Waals surface area (Å²) in [5.74, 6) is 1.56. The van der Waals surface area contributed by atoms with Crippen LogP contribution in [0.2, 0.25) is 0 Å². The van der Waals surface area contributed by atoms with Gasteiger partial charge in [0, 0.05) is 0 Å². The van der Waals surface area contributed by atoms with Crippen LogP contribution in [0, 0.1) is 25.7 Å². The van der Waals surface area contributed by atoms with Gasteiger partial charge < -0.3 is 0 Å². The summed E-state index contributed by atoms with van der Waals surface area (Å²) in [7, 11) is 0. The quantitative estimate of drug-likeness (QED) is 0.520. The van der Waals surface area contributed by atoms with Crippen molar-refractivity contribution < 1.29 is 0 Å². The molecule has 0 aliphatic rings. The summed E-state index contributed by atoms with van der Waals surface area (Å²) in [6, 6.07) is 13.3. The average Bonchev–Trinajstić information content (AvgIpc) is 2.87. The Balaban J connectivity index is 0.000000364. The summed E-state index contributed by atoms with van der Waals surface area (Å²) in [6.07, 6.45) is 2.43. The Morgan fingerprint density at radius 3 is 1.29 bits per heavy atom. The average molecular weight is 295 g/mol. The Kier molecular flexibility index (Phi) is 9.98. The fourth-order valence-electron chi connectivity index (χ4n) is 2.45. The minimum absolute atomic E-state index is 0. The molecule has 112 valence electrons. The van der Waals surface area contributed by atoms with Gasteiger partial charge in [0.15, 0.2) is 0 Å². The van der Waals surface area contributed by atoms with E-state index in [2.05, 4.69) is 77.9 Å². The van der Waals surface area contributed by atoms with Crippen molar-refractivity contribution in [2.75, 3.05) is 0 Å². The van der Waals surface area contributed by atoms with Gasteiger partial charge in [0.25, 0.3) is 0 Å². The van der Waals surface area contributed by atoms with Crippen LogP contribution < -0.4 is 0 Å². The van der Waals surface area contributed by atoms with Crippen LogP contribution in [0.15, 0.2) is 36.4 Å². The molecule has 0 N–H and O–H groups in total. The molecule has 0 heterocycles. The normalized spacial score (nSPS) is 10.3. The second-order valence-corrected chi connectivity index (χ2v) is 6.79. The molecule has 0 aliphatic carbocycles. The van der Waals surface area contributed by atoms with Gasteiger partial charge in [0.05, 0.1) is 0 Å². The van der Waals surface area contributed by atoms with Gasteiger partial charge in [0.1, 0.15) is 0 Å². The maximum atomic E-state index is 2.26. The van der Waals surface area contributed by atoms with E-state index in [0.717, 1.165) is 11.8 Å². The predicted molar refractivity (Wildman–Crippen MR) is 96.4 cm³/mol. The number of hydrogen-bond donors (Lipinski definition) is 0. The van der Waals surface area contributed by atoms with Crippen LogP contribution in [-0.4, -0.2) is 23.1 Å². The van der Waals surface area contributed by atoms with Crippen LogP contribution in [-0.2, 0) is 12.8 Å². The van der Waals surface area contributed by atoms with Crippen molar-refractivity contribution in [2.45, 2.75) is 54.4 Å². The smallest absolute Gasteiger partial charge is 0.211 e. The van der Waals surface area contributed by atoms with Crippen LogP contribution in [0.25, 0.3) is 0 Å². The summed E-state index contributed by atoms with van der Waals surface area (Å²) < 4.78 is 0. The third-order valence-corrected chi connectivity index (χ3v) is 3.23. The number of rotatable bonds is 4. The molecule has 2 rings (SSSR count). The van der Waals surface area contributed by atoms with Gasteiger partial charge >= 0.3 is 23.1 Å². The molecule has 0 bridgehead atoms. The molecule has 2 aromatic carbocycles. The van der Waals surface area contributed by atoms with E-state index in [1.54, 1.807) is 0 Å². The fraction of sp³-hybridized carbons (Fsp3) is 0.500. The minimum Gasteiger partial charge on any atom is -0.211 e. The molecule has 0 radical (unpaired) electrons. The summed E-state index contributed by atoms with van der Waals surface area (Å²) >= 11 is 0. The van der Waals surface area contributed by atoms with E-state index in [0.29, 0.717) is 0 Å². The Morgan fingerprint density at radius 2 is 1.10 bits per heavy atom. The first-order valence-corrected chi connectivity index (χ1v) is 7.81. The van der Waals surface area contributed by atoms with Gasteiger partial charge in [0.2, 0.25) is 0 Å². The monoisotopic (exact) mass is 294 g/mol. The van der Waals surface area contributed by atoms with Crippen LogP contribution in [0.5, 0.6) is 0 Å². The van der Waals surface area contributed by atoms with Gasteiger partial charge in [-0.25, -0.2) is 23.3 Å². The Morgan fingerprint density at radius 1 is 0.762 bits per heavy atom. The number of aryl methyl sites for hydroxylation is 2. The zero-order chi connectivity index (χ0) is 15.1. The second kappa shape index (κ2) is 10.2. The second-order valence-electron chi connectivity index (χ2n) is 6.79. The maximum Gasteiger partial charge on any atom is 2.00 e. The number of hydrogen-bond acceptors (Lipinski definition) is 0. The molecule has 21 heavy (non-hydrogen) atoms. The van der Waals surface area contributed by atoms with Crippen molar-refractivity contribution in [3.8, 4) is 0 Å². The standard InChI is InChI=1S/2C10H15.Mg/c2*1-8(2)6-10-5-4-9(3)7-10;/h2*4-5,7-8H,6H2,1-3H3;/q2*-1;+2. The van der Waals surface area contributed by atoms with Gasteiger partial charge in [-0.2, -0.15) is 35.4 Å². The molecule has 0 saturated heterocycles. The van der Waals surface area contributed by atoms with E-state index in [-0.39, 0.29) is 23.1 Å². The van der Waals surface area contributed by atoms with Crippen LogP contribution in [0.1, 0.15) is 49.9 Å². The largest absolute Gasteiger partial charge is 2.00 e.